The van der Waals surface area contributed by atoms with Crippen LogP contribution < -0.4 is 10.2 Å². The van der Waals surface area contributed by atoms with Crippen LogP contribution in [0.2, 0.25) is 0 Å². The molecule has 0 saturated heterocycles. The fourth-order valence-electron chi connectivity index (χ4n) is 5.28. The van der Waals surface area contributed by atoms with Crippen LogP contribution in [0.1, 0.15) is 74.6 Å². The van der Waals surface area contributed by atoms with E-state index in [9.17, 15) is 9.59 Å². The first-order valence-electron chi connectivity index (χ1n) is 12.1. The summed E-state index contributed by atoms with van der Waals surface area (Å²) < 4.78 is 0.908. The maximum absolute atomic E-state index is 14.0. The van der Waals surface area contributed by atoms with Gasteiger partial charge in [0.15, 0.2) is 0 Å². The van der Waals surface area contributed by atoms with Gasteiger partial charge >= 0.3 is 0 Å². The number of hydrogen-bond acceptors (Lipinski definition) is 2. The number of carbonyl (C=O) groups excluding carboxylic acids is 2. The normalized spacial score (nSPS) is 18.7. The fourth-order valence-corrected chi connectivity index (χ4v) is 5.90. The SMILES string of the molecule is O=C(NC1CCCCC1)C(C1CCCCC1)N(C(=O)c1ccccc1I)c1ccccc1. The largest absolute Gasteiger partial charge is 0.352 e. The Morgan fingerprint density at radius 3 is 2.06 bits per heavy atom. The number of halogens is 1. The molecule has 2 aromatic rings. The molecule has 2 amide bonds. The highest BCUT2D eigenvalue weighted by atomic mass is 127. The third-order valence-corrected chi connectivity index (χ3v) is 7.89. The monoisotopic (exact) mass is 544 g/mol. The molecule has 0 radical (unpaired) electrons. The fraction of sp³-hybridized carbons (Fsp3) is 0.481. The number of nitrogens with one attached hydrogen (secondary N) is 1. The van der Waals surface area contributed by atoms with Gasteiger partial charge in [-0.3, -0.25) is 14.5 Å². The van der Waals surface area contributed by atoms with Crippen LogP contribution in [0.15, 0.2) is 54.6 Å². The average Bonchev–Trinajstić information content (AvgIpc) is 2.84. The van der Waals surface area contributed by atoms with Gasteiger partial charge in [0.1, 0.15) is 6.04 Å². The molecular weight excluding hydrogens is 511 g/mol. The highest BCUT2D eigenvalue weighted by molar-refractivity contribution is 14.1. The van der Waals surface area contributed by atoms with Gasteiger partial charge in [-0.15, -0.1) is 0 Å². The zero-order chi connectivity index (χ0) is 22.3. The van der Waals surface area contributed by atoms with E-state index in [1.165, 1.54) is 25.7 Å². The van der Waals surface area contributed by atoms with E-state index >= 15 is 0 Å². The molecule has 2 aromatic carbocycles. The Labute approximate surface area is 205 Å². The molecule has 0 spiro atoms. The molecule has 1 atom stereocenters. The average molecular weight is 544 g/mol. The number of para-hydroxylation sites is 1. The Balaban J connectivity index is 1.72. The Kier molecular flexibility index (Phi) is 8.22. The van der Waals surface area contributed by atoms with Gasteiger partial charge in [0, 0.05) is 15.3 Å². The summed E-state index contributed by atoms with van der Waals surface area (Å²) >= 11 is 2.22. The third-order valence-electron chi connectivity index (χ3n) is 6.95. The second kappa shape index (κ2) is 11.3. The molecule has 0 bridgehead atoms. The Morgan fingerprint density at radius 2 is 1.41 bits per heavy atom. The van der Waals surface area contributed by atoms with Crippen LogP contribution in [-0.4, -0.2) is 23.9 Å². The lowest BCUT2D eigenvalue weighted by Crippen LogP contribution is -2.56. The van der Waals surface area contributed by atoms with Gasteiger partial charge in [0.2, 0.25) is 5.91 Å². The maximum atomic E-state index is 14.0. The van der Waals surface area contributed by atoms with Crippen LogP contribution in [0.4, 0.5) is 5.69 Å². The number of hydrogen-bond donors (Lipinski definition) is 1. The molecule has 2 fully saturated rings. The second-order valence-corrected chi connectivity index (χ2v) is 10.3. The van der Waals surface area contributed by atoms with Crippen molar-refractivity contribution >= 4 is 40.1 Å². The second-order valence-electron chi connectivity index (χ2n) is 9.18. The molecule has 1 unspecified atom stereocenters. The number of benzene rings is 2. The highest BCUT2D eigenvalue weighted by Crippen LogP contribution is 2.33. The number of nitrogens with zero attached hydrogens (tertiary/aromatic N) is 1. The van der Waals surface area contributed by atoms with E-state index in [2.05, 4.69) is 27.9 Å². The molecule has 2 aliphatic carbocycles. The number of anilines is 1. The highest BCUT2D eigenvalue weighted by Gasteiger charge is 2.39. The van der Waals surface area contributed by atoms with Crippen molar-refractivity contribution in [2.75, 3.05) is 4.90 Å². The van der Waals surface area contributed by atoms with Crippen LogP contribution in [0.3, 0.4) is 0 Å². The first-order valence-corrected chi connectivity index (χ1v) is 13.2. The summed E-state index contributed by atoms with van der Waals surface area (Å²) in [5, 5.41) is 3.35. The van der Waals surface area contributed by atoms with E-state index in [0.717, 1.165) is 47.8 Å². The lowest BCUT2D eigenvalue weighted by atomic mass is 9.82. The summed E-state index contributed by atoms with van der Waals surface area (Å²) in [7, 11) is 0. The van der Waals surface area contributed by atoms with E-state index in [4.69, 9.17) is 0 Å². The van der Waals surface area contributed by atoms with Crippen LogP contribution in [0, 0.1) is 9.49 Å². The molecule has 5 heteroatoms. The van der Waals surface area contributed by atoms with Gasteiger partial charge in [0.25, 0.3) is 5.91 Å². The van der Waals surface area contributed by atoms with E-state index in [-0.39, 0.29) is 23.8 Å². The summed E-state index contributed by atoms with van der Waals surface area (Å²) in [4.78, 5) is 29.6. The van der Waals surface area contributed by atoms with Gasteiger partial charge in [-0.25, -0.2) is 0 Å². The third kappa shape index (κ3) is 5.53. The lowest BCUT2D eigenvalue weighted by molar-refractivity contribution is -0.124. The van der Waals surface area contributed by atoms with Crippen molar-refractivity contribution < 1.29 is 9.59 Å². The predicted molar refractivity (Wildman–Crippen MR) is 138 cm³/mol. The summed E-state index contributed by atoms with van der Waals surface area (Å²) in [6, 6.07) is 17.2. The van der Waals surface area contributed by atoms with Crippen molar-refractivity contribution in [2.45, 2.75) is 76.3 Å². The molecule has 0 aliphatic heterocycles. The van der Waals surface area contributed by atoms with Crippen molar-refractivity contribution in [1.29, 1.82) is 0 Å². The minimum atomic E-state index is -0.483. The number of amides is 2. The lowest BCUT2D eigenvalue weighted by Gasteiger charge is -2.39. The van der Waals surface area contributed by atoms with Crippen LogP contribution in [0.5, 0.6) is 0 Å². The van der Waals surface area contributed by atoms with E-state index in [1.54, 1.807) is 4.90 Å². The van der Waals surface area contributed by atoms with E-state index < -0.39 is 6.04 Å². The van der Waals surface area contributed by atoms with Crippen LogP contribution >= 0.6 is 22.6 Å². The molecule has 2 aliphatic rings. The zero-order valence-electron chi connectivity index (χ0n) is 18.6. The van der Waals surface area contributed by atoms with Gasteiger partial charge in [-0.1, -0.05) is 68.9 Å². The molecule has 32 heavy (non-hydrogen) atoms. The summed E-state index contributed by atoms with van der Waals surface area (Å²) in [5.41, 5.74) is 1.45. The molecule has 0 aromatic heterocycles. The standard InChI is InChI=1S/C27H33IN2O2/c28-24-19-11-10-18-23(24)27(32)30(22-16-8-3-9-17-22)25(20-12-4-1-5-13-20)26(31)29-21-14-6-2-7-15-21/h3,8-11,16-21,25H,1-2,4-7,12-15H2,(H,29,31). The molecule has 4 rings (SSSR count). The molecular formula is C27H33IN2O2. The summed E-state index contributed by atoms with van der Waals surface area (Å²) in [6.45, 7) is 0. The Hall–Kier alpha value is -1.89. The molecule has 1 N–H and O–H groups in total. The Bertz CT molecular complexity index is 905. The summed E-state index contributed by atoms with van der Waals surface area (Å²) in [6.07, 6.45) is 11.1. The number of rotatable bonds is 6. The molecule has 2 saturated carbocycles. The topological polar surface area (TPSA) is 49.4 Å². The molecule has 0 heterocycles. The predicted octanol–water partition coefficient (Wildman–Crippen LogP) is 6.34. The van der Waals surface area contributed by atoms with Crippen LogP contribution in [-0.2, 0) is 4.79 Å². The smallest absolute Gasteiger partial charge is 0.260 e. The van der Waals surface area contributed by atoms with E-state index in [1.807, 2.05) is 54.6 Å². The van der Waals surface area contributed by atoms with Gasteiger partial charge in [0.05, 0.1) is 5.56 Å². The van der Waals surface area contributed by atoms with E-state index in [0.29, 0.717) is 5.56 Å². The minimum absolute atomic E-state index is 0.0203. The molecule has 4 nitrogen and oxygen atoms in total. The van der Waals surface area contributed by atoms with Crippen molar-refractivity contribution in [2.24, 2.45) is 5.92 Å². The maximum Gasteiger partial charge on any atom is 0.260 e. The van der Waals surface area contributed by atoms with Crippen molar-refractivity contribution in [3.05, 3.63) is 63.7 Å². The van der Waals surface area contributed by atoms with Crippen molar-refractivity contribution in [3.8, 4) is 0 Å². The van der Waals surface area contributed by atoms with Crippen molar-refractivity contribution in [3.63, 3.8) is 0 Å². The first kappa shape index (κ1) is 23.3. The molecule has 170 valence electrons. The van der Waals surface area contributed by atoms with Crippen LogP contribution in [0.25, 0.3) is 0 Å². The first-order chi connectivity index (χ1) is 15.6. The van der Waals surface area contributed by atoms with Gasteiger partial charge in [-0.2, -0.15) is 0 Å². The summed E-state index contributed by atoms with van der Waals surface area (Å²) in [5.74, 6) is 0.111. The quantitative estimate of drug-likeness (QED) is 0.432. The van der Waals surface area contributed by atoms with Crippen molar-refractivity contribution in [1.82, 2.24) is 5.32 Å². The zero-order valence-corrected chi connectivity index (χ0v) is 20.8. The minimum Gasteiger partial charge on any atom is -0.352 e. The van der Waals surface area contributed by atoms with Gasteiger partial charge < -0.3 is 5.32 Å². The van der Waals surface area contributed by atoms with Gasteiger partial charge in [-0.05, 0) is 78.5 Å². The Morgan fingerprint density at radius 1 is 0.812 bits per heavy atom. The number of carbonyl (C=O) groups is 2.